The Morgan fingerprint density at radius 2 is 1.77 bits per heavy atom. The zero-order valence-corrected chi connectivity index (χ0v) is 21.1. The zero-order valence-electron chi connectivity index (χ0n) is 20.2. The van der Waals surface area contributed by atoms with Gasteiger partial charge in [0.15, 0.2) is 0 Å². The fraction of sp³-hybridized carbons (Fsp3) is 0.680. The lowest BCUT2D eigenvalue weighted by molar-refractivity contribution is -0.127. The maximum absolute atomic E-state index is 14.1. The van der Waals surface area contributed by atoms with Crippen LogP contribution in [0.15, 0.2) is 21.9 Å². The molecule has 0 spiro atoms. The van der Waals surface area contributed by atoms with Gasteiger partial charge in [-0.05, 0) is 82.5 Å². The third-order valence-corrected chi connectivity index (χ3v) is 8.93. The van der Waals surface area contributed by atoms with E-state index in [0.29, 0.717) is 25.7 Å². The Balaban J connectivity index is 1.38. The van der Waals surface area contributed by atoms with Crippen molar-refractivity contribution in [3.05, 3.63) is 38.9 Å². The van der Waals surface area contributed by atoms with Crippen molar-refractivity contribution in [3.8, 4) is 0 Å². The average Bonchev–Trinajstić information content (AvgIpc) is 2.86. The fourth-order valence-corrected chi connectivity index (χ4v) is 7.06. The summed E-state index contributed by atoms with van der Waals surface area (Å²) in [5.74, 6) is 1.45. The predicted molar refractivity (Wildman–Crippen MR) is 135 cm³/mol. The predicted octanol–water partition coefficient (Wildman–Crippen LogP) is 2.71. The van der Waals surface area contributed by atoms with Gasteiger partial charge in [0.1, 0.15) is 11.5 Å². The van der Waals surface area contributed by atoms with Crippen molar-refractivity contribution in [3.63, 3.8) is 0 Å². The monoisotopic (exact) mass is 503 g/mol. The van der Waals surface area contributed by atoms with Crippen LogP contribution in [0.5, 0.6) is 0 Å². The maximum Gasteiger partial charge on any atom is 0.333 e. The highest BCUT2D eigenvalue weighted by atomic mass is 32.2. The molecule has 10 heteroatoms. The number of nitrogens with one attached hydrogen (secondary N) is 1. The average molecular weight is 504 g/mol. The van der Waals surface area contributed by atoms with E-state index in [2.05, 4.69) is 15.2 Å². The van der Waals surface area contributed by atoms with E-state index in [1.165, 1.54) is 10.6 Å². The Labute approximate surface area is 208 Å². The van der Waals surface area contributed by atoms with Crippen LogP contribution in [0.25, 0.3) is 11.0 Å². The number of thioether (sulfide) groups is 1. The minimum atomic E-state index is -0.578. The van der Waals surface area contributed by atoms with Crippen molar-refractivity contribution in [2.24, 2.45) is 5.92 Å². The number of rotatable bonds is 4. The van der Waals surface area contributed by atoms with Crippen LogP contribution in [-0.2, 0) is 4.79 Å². The van der Waals surface area contributed by atoms with Crippen LogP contribution >= 0.6 is 11.8 Å². The summed E-state index contributed by atoms with van der Waals surface area (Å²) in [5.41, 5.74) is -0.514. The molecule has 0 radical (unpaired) electrons. The highest BCUT2D eigenvalue weighted by Crippen LogP contribution is 2.30. The van der Waals surface area contributed by atoms with Gasteiger partial charge in [-0.3, -0.25) is 18.7 Å². The van der Waals surface area contributed by atoms with Gasteiger partial charge in [0.25, 0.3) is 5.56 Å². The first-order valence-corrected chi connectivity index (χ1v) is 14.0. The van der Waals surface area contributed by atoms with Gasteiger partial charge in [-0.2, -0.15) is 11.8 Å². The first-order valence-electron chi connectivity index (χ1n) is 12.8. The lowest BCUT2D eigenvalue weighted by Gasteiger charge is -2.33. The molecule has 5 rings (SSSR count). The van der Waals surface area contributed by atoms with E-state index in [0.717, 1.165) is 56.5 Å². The largest absolute Gasteiger partial charge is 0.353 e. The fourth-order valence-electron chi connectivity index (χ4n) is 5.98. The number of carbonyl (C=O) groups excluding carboxylic acids is 1. The molecule has 2 aromatic heterocycles. The molecule has 0 aromatic carbocycles. The number of pyridine rings is 1. The number of hydrogen-bond acceptors (Lipinski definition) is 6. The molecule has 2 aromatic rings. The molecular weight excluding hydrogens is 469 g/mol. The summed E-state index contributed by atoms with van der Waals surface area (Å²) in [6.45, 7) is 1.82. The Morgan fingerprint density at radius 3 is 2.49 bits per heavy atom. The van der Waals surface area contributed by atoms with Gasteiger partial charge in [0.05, 0.1) is 17.5 Å². The Kier molecular flexibility index (Phi) is 7.29. The van der Waals surface area contributed by atoms with E-state index in [1.54, 1.807) is 4.57 Å². The molecule has 3 fully saturated rings. The lowest BCUT2D eigenvalue weighted by atomic mass is 9.89. The van der Waals surface area contributed by atoms with Crippen molar-refractivity contribution < 1.29 is 9.18 Å². The summed E-state index contributed by atoms with van der Waals surface area (Å²) in [5, 5.41) is 3.38. The number of carbonyl (C=O) groups is 1. The van der Waals surface area contributed by atoms with E-state index < -0.39 is 11.4 Å². The van der Waals surface area contributed by atoms with Crippen molar-refractivity contribution >= 4 is 28.7 Å². The van der Waals surface area contributed by atoms with Crippen LogP contribution in [0, 0.1) is 11.7 Å². The number of halogens is 1. The highest BCUT2D eigenvalue weighted by molar-refractivity contribution is 7.99. The van der Waals surface area contributed by atoms with Crippen molar-refractivity contribution in [2.45, 2.75) is 69.5 Å². The Hall–Kier alpha value is -2.20. The minimum absolute atomic E-state index is 0.0258. The summed E-state index contributed by atoms with van der Waals surface area (Å²) in [7, 11) is 2.05. The summed E-state index contributed by atoms with van der Waals surface area (Å²) in [6.07, 6.45) is 7.36. The van der Waals surface area contributed by atoms with Crippen LogP contribution in [-0.4, -0.2) is 62.6 Å². The van der Waals surface area contributed by atoms with Gasteiger partial charge >= 0.3 is 5.69 Å². The molecule has 1 amide bonds. The molecule has 4 heterocycles. The zero-order chi connectivity index (χ0) is 24.5. The normalized spacial score (nSPS) is 26.6. The summed E-state index contributed by atoms with van der Waals surface area (Å²) in [6, 6.07) is 0.960. The van der Waals surface area contributed by atoms with Gasteiger partial charge in [-0.15, -0.1) is 0 Å². The van der Waals surface area contributed by atoms with Gasteiger partial charge in [0, 0.05) is 24.7 Å². The van der Waals surface area contributed by atoms with Crippen LogP contribution in [0.4, 0.5) is 4.39 Å². The second kappa shape index (κ2) is 10.4. The first-order chi connectivity index (χ1) is 16.9. The minimum Gasteiger partial charge on any atom is -0.353 e. The highest BCUT2D eigenvalue weighted by Gasteiger charge is 2.31. The molecule has 1 N–H and O–H groups in total. The Morgan fingerprint density at radius 1 is 1.06 bits per heavy atom. The number of aromatic nitrogens is 3. The van der Waals surface area contributed by atoms with Gasteiger partial charge in [-0.25, -0.2) is 14.2 Å². The molecule has 1 atom stereocenters. The summed E-state index contributed by atoms with van der Waals surface area (Å²) in [4.78, 5) is 46.2. The third-order valence-electron chi connectivity index (χ3n) is 7.88. The smallest absolute Gasteiger partial charge is 0.333 e. The van der Waals surface area contributed by atoms with Gasteiger partial charge in [0.2, 0.25) is 5.91 Å². The molecule has 190 valence electrons. The maximum atomic E-state index is 14.1. The molecule has 1 aliphatic carbocycles. The van der Waals surface area contributed by atoms with Crippen LogP contribution < -0.4 is 16.6 Å². The molecule has 8 nitrogen and oxygen atoms in total. The van der Waals surface area contributed by atoms with Crippen molar-refractivity contribution in [1.82, 2.24) is 24.3 Å². The van der Waals surface area contributed by atoms with E-state index in [-0.39, 0.29) is 46.7 Å². The second-order valence-electron chi connectivity index (χ2n) is 10.3. The quantitative estimate of drug-likeness (QED) is 0.690. The van der Waals surface area contributed by atoms with Crippen LogP contribution in [0.1, 0.15) is 63.5 Å². The van der Waals surface area contributed by atoms with Crippen molar-refractivity contribution in [2.75, 3.05) is 31.6 Å². The summed E-state index contributed by atoms with van der Waals surface area (Å²) >= 11 is 1.86. The van der Waals surface area contributed by atoms with Gasteiger partial charge < -0.3 is 10.2 Å². The molecular formula is C25H34FN5O3S. The number of fused-ring (bicyclic) bond motifs is 1. The first kappa shape index (κ1) is 24.5. The lowest BCUT2D eigenvalue weighted by Crippen LogP contribution is -2.48. The van der Waals surface area contributed by atoms with Crippen LogP contribution in [0.2, 0.25) is 0 Å². The van der Waals surface area contributed by atoms with E-state index in [4.69, 9.17) is 0 Å². The van der Waals surface area contributed by atoms with E-state index in [1.807, 2.05) is 18.8 Å². The number of likely N-dealkylation sites (tertiary alicyclic amines) is 1. The molecule has 35 heavy (non-hydrogen) atoms. The molecule has 1 unspecified atom stereocenters. The number of hydrogen-bond donors (Lipinski definition) is 1. The molecule has 1 saturated carbocycles. The number of nitrogens with zero attached hydrogens (tertiary/aromatic N) is 4. The molecule has 0 bridgehead atoms. The molecule has 3 aliphatic rings. The van der Waals surface area contributed by atoms with Gasteiger partial charge in [-0.1, -0.05) is 0 Å². The summed E-state index contributed by atoms with van der Waals surface area (Å²) < 4.78 is 17.1. The standard InChI is InChI=1S/C25H34FN5O3S/c1-29-10-2-3-16(15-29)23(32)28-18-4-6-19(7-5-18)31-24(33)21-13-17(26)14-27-22(21)30(25(31)34)20-8-11-35-12-9-20/h13-14,16,18-20H,2-12,15H2,1H3,(H,28,32). The Bertz CT molecular complexity index is 1200. The van der Waals surface area contributed by atoms with Crippen molar-refractivity contribution in [1.29, 1.82) is 0 Å². The molecule has 2 aliphatic heterocycles. The topological polar surface area (TPSA) is 89.2 Å². The molecule has 2 saturated heterocycles. The number of amides is 1. The SMILES string of the molecule is CN1CCCC(C(=O)NC2CCC(n3c(=O)c4cc(F)cnc4n(C4CCSCC4)c3=O)CC2)C1. The second-order valence-corrected chi connectivity index (χ2v) is 11.5. The number of piperidine rings is 1. The van der Waals surface area contributed by atoms with E-state index in [9.17, 15) is 18.8 Å². The van der Waals surface area contributed by atoms with Crippen LogP contribution in [0.3, 0.4) is 0 Å². The third kappa shape index (κ3) is 5.05. The van der Waals surface area contributed by atoms with E-state index >= 15 is 0 Å².